The van der Waals surface area contributed by atoms with Crippen molar-refractivity contribution >= 4 is 5.97 Å². The summed E-state index contributed by atoms with van der Waals surface area (Å²) in [6, 6.07) is 0. The second-order valence-electron chi connectivity index (χ2n) is 18.3. The van der Waals surface area contributed by atoms with Crippen molar-refractivity contribution in [2.75, 3.05) is 6.61 Å². The lowest BCUT2D eigenvalue weighted by atomic mass is 9.33. The second kappa shape index (κ2) is 10.5. The summed E-state index contributed by atoms with van der Waals surface area (Å²) < 4.78 is 5.99. The number of aliphatic hydroxyl groups excluding tert-OH is 4. The summed E-state index contributed by atoms with van der Waals surface area (Å²) in [5.41, 5.74) is 1.24. The molecule has 6 rings (SSSR count). The van der Waals surface area contributed by atoms with E-state index in [0.29, 0.717) is 18.3 Å². The fourth-order valence-electron chi connectivity index (χ4n) is 12.8. The summed E-state index contributed by atoms with van der Waals surface area (Å²) in [4.78, 5) is 12.9. The first-order valence-electron chi connectivity index (χ1n) is 17.6. The van der Waals surface area contributed by atoms with Crippen LogP contribution in [0.3, 0.4) is 0 Å². The predicted octanol–water partition coefficient (Wildman–Crippen LogP) is 5.72. The van der Waals surface area contributed by atoms with Gasteiger partial charge in [0.1, 0.15) is 24.4 Å². The molecule has 1 aliphatic heterocycles. The third kappa shape index (κ3) is 4.41. The van der Waals surface area contributed by atoms with Crippen LogP contribution in [0.15, 0.2) is 11.6 Å². The van der Waals surface area contributed by atoms with Crippen LogP contribution in [0.2, 0.25) is 0 Å². The van der Waals surface area contributed by atoms with Crippen LogP contribution in [-0.4, -0.2) is 68.6 Å². The topological polar surface area (TPSA) is 127 Å². The molecule has 1 saturated heterocycles. The first-order valence-corrected chi connectivity index (χ1v) is 17.6. The van der Waals surface area contributed by atoms with E-state index in [1.807, 2.05) is 0 Å². The Labute approximate surface area is 264 Å². The Morgan fingerprint density at radius 1 is 0.841 bits per heavy atom. The van der Waals surface area contributed by atoms with Crippen LogP contribution < -0.4 is 0 Å². The first-order chi connectivity index (χ1) is 20.4. The normalized spacial score (nSPS) is 52.9. The van der Waals surface area contributed by atoms with Crippen LogP contribution >= 0.6 is 0 Å². The van der Waals surface area contributed by atoms with Gasteiger partial charge in [-0.25, -0.2) is 0 Å². The van der Waals surface area contributed by atoms with Crippen molar-refractivity contribution in [1.29, 1.82) is 0 Å². The number of carboxylic acids is 1. The van der Waals surface area contributed by atoms with E-state index in [2.05, 4.69) is 54.5 Å². The average molecular weight is 617 g/mol. The quantitative estimate of drug-likeness (QED) is 0.256. The predicted molar refractivity (Wildman–Crippen MR) is 169 cm³/mol. The molecular formula is C37H60O7. The number of allylic oxidation sites excluding steroid dienone is 2. The number of aliphatic carboxylic acids is 1. The van der Waals surface area contributed by atoms with Crippen molar-refractivity contribution < 1.29 is 35.1 Å². The highest BCUT2D eigenvalue weighted by molar-refractivity contribution is 5.76. The molecule has 7 nitrogen and oxygen atoms in total. The number of carbonyl (C=O) groups is 1. The molecule has 7 unspecified atom stereocenters. The van der Waals surface area contributed by atoms with E-state index >= 15 is 0 Å². The minimum Gasteiger partial charge on any atom is -0.481 e. The number of rotatable bonds is 4. The maximum atomic E-state index is 12.9. The Balaban J connectivity index is 1.29. The number of carboxylic acid groups (broad SMARTS) is 1. The van der Waals surface area contributed by atoms with Gasteiger partial charge in [-0.2, -0.15) is 0 Å². The van der Waals surface area contributed by atoms with Crippen molar-refractivity contribution in [3.63, 3.8) is 0 Å². The highest BCUT2D eigenvalue weighted by Gasteiger charge is 2.69. The van der Waals surface area contributed by atoms with E-state index < -0.39 is 48.5 Å². The van der Waals surface area contributed by atoms with Crippen molar-refractivity contribution in [2.45, 2.75) is 150 Å². The van der Waals surface area contributed by atoms with Crippen LogP contribution in [0, 0.1) is 56.2 Å². The van der Waals surface area contributed by atoms with Gasteiger partial charge in [0.05, 0.1) is 18.1 Å². The molecule has 0 aromatic rings. The van der Waals surface area contributed by atoms with Crippen molar-refractivity contribution in [1.82, 2.24) is 0 Å². The smallest absolute Gasteiger partial charge is 0.310 e. The molecule has 0 bridgehead atoms. The van der Waals surface area contributed by atoms with Crippen LogP contribution in [0.1, 0.15) is 119 Å². The van der Waals surface area contributed by atoms with E-state index in [4.69, 9.17) is 4.74 Å². The molecule has 1 heterocycles. The van der Waals surface area contributed by atoms with Gasteiger partial charge in [-0.1, -0.05) is 60.1 Å². The second-order valence-corrected chi connectivity index (χ2v) is 18.3. The fourth-order valence-corrected chi connectivity index (χ4v) is 12.8. The zero-order valence-electron chi connectivity index (χ0n) is 28.3. The Morgan fingerprint density at radius 2 is 1.50 bits per heavy atom. The molecule has 250 valence electrons. The summed E-state index contributed by atoms with van der Waals surface area (Å²) >= 11 is 0. The number of hydrogen-bond donors (Lipinski definition) is 5. The van der Waals surface area contributed by atoms with Crippen LogP contribution in [0.25, 0.3) is 0 Å². The molecule has 0 aromatic carbocycles. The highest BCUT2D eigenvalue weighted by atomic mass is 16.5. The number of fused-ring (bicyclic) bond motifs is 7. The molecule has 7 heteroatoms. The third-order valence-electron chi connectivity index (χ3n) is 15.8. The van der Waals surface area contributed by atoms with Gasteiger partial charge in [0.2, 0.25) is 0 Å². The van der Waals surface area contributed by atoms with Gasteiger partial charge in [0.25, 0.3) is 0 Å². The van der Waals surface area contributed by atoms with Crippen molar-refractivity contribution in [3.05, 3.63) is 11.6 Å². The molecule has 5 fully saturated rings. The first kappa shape index (κ1) is 32.9. The SMILES string of the molecule is CC1(C)CC[C@]2(C(=O)O)CC[C@]3(C)C(=CCC4[C@@]5(C)CCC(C[C@@H]6OC(CO)[C@@H](O)C(O)C6O)C(C)(C)C5CC[C@]43C)C2C1. The average Bonchev–Trinajstić information content (AvgIpc) is 2.94. The van der Waals surface area contributed by atoms with Gasteiger partial charge < -0.3 is 30.3 Å². The van der Waals surface area contributed by atoms with E-state index in [0.717, 1.165) is 64.2 Å². The summed E-state index contributed by atoms with van der Waals surface area (Å²) in [6.45, 7) is 16.6. The van der Waals surface area contributed by atoms with Crippen LogP contribution in [0.4, 0.5) is 0 Å². The van der Waals surface area contributed by atoms with Gasteiger partial charge in [-0.05, 0) is 121 Å². The maximum absolute atomic E-state index is 12.9. The minimum atomic E-state index is -1.33. The zero-order chi connectivity index (χ0) is 32.3. The summed E-state index contributed by atoms with van der Waals surface area (Å²) in [6.07, 6.45) is 7.70. The molecule has 6 aliphatic rings. The number of hydrogen-bond acceptors (Lipinski definition) is 6. The van der Waals surface area contributed by atoms with Gasteiger partial charge in [0.15, 0.2) is 0 Å². The highest BCUT2D eigenvalue weighted by Crippen LogP contribution is 2.76. The fraction of sp³-hybridized carbons (Fsp3) is 0.919. The maximum Gasteiger partial charge on any atom is 0.310 e. The summed E-state index contributed by atoms with van der Waals surface area (Å²) in [7, 11) is 0. The molecular weight excluding hydrogens is 556 g/mol. The molecule has 0 radical (unpaired) electrons. The minimum absolute atomic E-state index is 0.00173. The van der Waals surface area contributed by atoms with Crippen molar-refractivity contribution in [3.8, 4) is 0 Å². The Bertz CT molecular complexity index is 1180. The Hall–Kier alpha value is -0.990. The summed E-state index contributed by atoms with van der Waals surface area (Å²) in [5, 5.41) is 52.0. The Morgan fingerprint density at radius 3 is 2.16 bits per heavy atom. The van der Waals surface area contributed by atoms with E-state index in [1.54, 1.807) is 0 Å². The lowest BCUT2D eigenvalue weighted by Gasteiger charge is -2.71. The van der Waals surface area contributed by atoms with E-state index in [-0.39, 0.29) is 38.9 Å². The lowest BCUT2D eigenvalue weighted by Crippen LogP contribution is -2.65. The summed E-state index contributed by atoms with van der Waals surface area (Å²) in [5.74, 6) is 0.835. The molecule has 44 heavy (non-hydrogen) atoms. The zero-order valence-corrected chi connectivity index (χ0v) is 28.3. The molecule has 5 aliphatic carbocycles. The van der Waals surface area contributed by atoms with E-state index in [9.17, 15) is 30.3 Å². The molecule has 4 saturated carbocycles. The van der Waals surface area contributed by atoms with Gasteiger partial charge in [-0.3, -0.25) is 4.79 Å². The molecule has 13 atom stereocenters. The third-order valence-corrected chi connectivity index (χ3v) is 15.8. The van der Waals surface area contributed by atoms with E-state index in [1.165, 1.54) is 5.57 Å². The molecule has 0 aromatic heterocycles. The van der Waals surface area contributed by atoms with Crippen LogP contribution in [-0.2, 0) is 9.53 Å². The van der Waals surface area contributed by atoms with Crippen LogP contribution in [0.5, 0.6) is 0 Å². The molecule has 5 N–H and O–H groups in total. The molecule has 0 amide bonds. The largest absolute Gasteiger partial charge is 0.481 e. The number of ether oxygens (including phenoxy) is 1. The van der Waals surface area contributed by atoms with Crippen molar-refractivity contribution in [2.24, 2.45) is 56.2 Å². The van der Waals surface area contributed by atoms with Gasteiger partial charge in [-0.15, -0.1) is 0 Å². The monoisotopic (exact) mass is 616 g/mol. The lowest BCUT2D eigenvalue weighted by molar-refractivity contribution is -0.241. The van der Waals surface area contributed by atoms with Gasteiger partial charge in [0, 0.05) is 0 Å². The number of aliphatic hydroxyl groups is 4. The van der Waals surface area contributed by atoms with Gasteiger partial charge >= 0.3 is 5.97 Å². The standard InChI is InChI=1S/C37H60O7/c1-32(2)14-16-37(31(42)43)17-15-35(6)22(23(37)19-32)8-9-27-34(5)12-10-21(33(3,4)26(34)11-13-36(27,35)7)18-24-28(39)30(41)29(40)25(20-38)44-24/h8,21,23-30,38-41H,9-20H2,1-7H3,(H,42,43)/t21?,23?,24-,25?,26?,27?,28?,29+,30?,34-,35+,36+,37-/m0/s1. The molecule has 0 spiro atoms. The Kier molecular flexibility index (Phi) is 7.86.